The second-order valence-corrected chi connectivity index (χ2v) is 6.87. The van der Waals surface area contributed by atoms with Gasteiger partial charge in [0.05, 0.1) is 0 Å². The summed E-state index contributed by atoms with van der Waals surface area (Å²) >= 11 is 5.08. The molecule has 0 radical (unpaired) electrons. The van der Waals surface area contributed by atoms with E-state index >= 15 is 0 Å². The van der Waals surface area contributed by atoms with Crippen molar-refractivity contribution >= 4 is 27.7 Å². The van der Waals surface area contributed by atoms with Crippen LogP contribution in [0.2, 0.25) is 0 Å². The molecule has 0 fully saturated rings. The highest BCUT2D eigenvalue weighted by atomic mass is 79.9. The van der Waals surface area contributed by atoms with Crippen molar-refractivity contribution in [2.75, 3.05) is 0 Å². The third-order valence-electron chi connectivity index (χ3n) is 2.76. The van der Waals surface area contributed by atoms with Gasteiger partial charge in [-0.05, 0) is 48.0 Å². The van der Waals surface area contributed by atoms with E-state index in [1.165, 1.54) is 6.07 Å². The lowest BCUT2D eigenvalue weighted by molar-refractivity contribution is 0.576. The molecule has 0 aliphatic heterocycles. The number of halogens is 2. The zero-order chi connectivity index (χ0) is 14.5. The third-order valence-corrected chi connectivity index (χ3v) is 4.42. The zero-order valence-electron chi connectivity index (χ0n) is 11.5. The molecular formula is C16H17BrFNS. The standard InChI is InChI=1S/C16H17BrFNS/c1-11(2)19-10-12-9-14(18)5-8-16(12)20-15-6-3-13(17)4-7-15/h3-9,11,19H,10H2,1-2H3. The monoisotopic (exact) mass is 353 g/mol. The van der Waals surface area contributed by atoms with E-state index in [1.54, 1.807) is 17.8 Å². The predicted molar refractivity (Wildman–Crippen MR) is 86.6 cm³/mol. The molecule has 20 heavy (non-hydrogen) atoms. The number of benzene rings is 2. The average molecular weight is 354 g/mol. The van der Waals surface area contributed by atoms with Gasteiger partial charge in [-0.25, -0.2) is 4.39 Å². The van der Waals surface area contributed by atoms with E-state index in [4.69, 9.17) is 0 Å². The second kappa shape index (κ2) is 7.25. The quantitative estimate of drug-likeness (QED) is 0.788. The smallest absolute Gasteiger partial charge is 0.123 e. The first kappa shape index (κ1) is 15.5. The number of hydrogen-bond acceptors (Lipinski definition) is 2. The molecule has 106 valence electrons. The summed E-state index contributed by atoms with van der Waals surface area (Å²) < 4.78 is 14.5. The number of rotatable bonds is 5. The molecule has 0 bridgehead atoms. The van der Waals surface area contributed by atoms with E-state index in [-0.39, 0.29) is 5.82 Å². The topological polar surface area (TPSA) is 12.0 Å². The molecular weight excluding hydrogens is 337 g/mol. The molecule has 0 heterocycles. The van der Waals surface area contributed by atoms with Crippen LogP contribution in [0.5, 0.6) is 0 Å². The van der Waals surface area contributed by atoms with Crippen molar-refractivity contribution < 1.29 is 4.39 Å². The van der Waals surface area contributed by atoms with Crippen molar-refractivity contribution in [3.8, 4) is 0 Å². The fourth-order valence-electron chi connectivity index (χ4n) is 1.73. The summed E-state index contributed by atoms with van der Waals surface area (Å²) in [4.78, 5) is 2.23. The summed E-state index contributed by atoms with van der Waals surface area (Å²) in [6.45, 7) is 4.84. The van der Waals surface area contributed by atoms with Gasteiger partial charge in [0.2, 0.25) is 0 Å². The summed E-state index contributed by atoms with van der Waals surface area (Å²) in [6.07, 6.45) is 0. The molecule has 0 aliphatic carbocycles. The van der Waals surface area contributed by atoms with E-state index in [1.807, 2.05) is 18.2 Å². The van der Waals surface area contributed by atoms with Gasteiger partial charge in [0.25, 0.3) is 0 Å². The van der Waals surface area contributed by atoms with E-state index in [0.29, 0.717) is 12.6 Å². The van der Waals surface area contributed by atoms with Crippen LogP contribution < -0.4 is 5.32 Å². The van der Waals surface area contributed by atoms with Crippen molar-refractivity contribution in [1.82, 2.24) is 5.32 Å². The Kier molecular flexibility index (Phi) is 5.64. The maximum absolute atomic E-state index is 13.4. The molecule has 0 spiro atoms. The van der Waals surface area contributed by atoms with Gasteiger partial charge in [-0.15, -0.1) is 0 Å². The Bertz CT molecular complexity index is 569. The van der Waals surface area contributed by atoms with E-state index in [0.717, 1.165) is 19.8 Å². The zero-order valence-corrected chi connectivity index (χ0v) is 13.9. The fraction of sp³-hybridized carbons (Fsp3) is 0.250. The molecule has 0 aliphatic rings. The maximum Gasteiger partial charge on any atom is 0.123 e. The molecule has 4 heteroatoms. The molecule has 2 aromatic rings. The van der Waals surface area contributed by atoms with Crippen LogP contribution in [0.3, 0.4) is 0 Å². The number of nitrogens with one attached hydrogen (secondary N) is 1. The predicted octanol–water partition coefficient (Wildman–Crippen LogP) is 5.24. The van der Waals surface area contributed by atoms with E-state index < -0.39 is 0 Å². The van der Waals surface area contributed by atoms with E-state index in [2.05, 4.69) is 47.2 Å². The van der Waals surface area contributed by atoms with Crippen molar-refractivity contribution in [1.29, 1.82) is 0 Å². The first-order valence-corrected chi connectivity index (χ1v) is 8.11. The largest absolute Gasteiger partial charge is 0.310 e. The minimum absolute atomic E-state index is 0.189. The van der Waals surface area contributed by atoms with Crippen molar-refractivity contribution in [2.24, 2.45) is 0 Å². The van der Waals surface area contributed by atoms with Crippen LogP contribution >= 0.6 is 27.7 Å². The maximum atomic E-state index is 13.4. The summed E-state index contributed by atoms with van der Waals surface area (Å²) in [5, 5.41) is 3.34. The molecule has 2 rings (SSSR count). The average Bonchev–Trinajstić information content (AvgIpc) is 2.41. The van der Waals surface area contributed by atoms with Crippen LogP contribution in [0.15, 0.2) is 56.7 Å². The normalized spacial score (nSPS) is 11.1. The van der Waals surface area contributed by atoms with Crippen molar-refractivity contribution in [3.63, 3.8) is 0 Å². The molecule has 0 aromatic heterocycles. The third kappa shape index (κ3) is 4.62. The highest BCUT2D eigenvalue weighted by molar-refractivity contribution is 9.10. The molecule has 1 nitrogen and oxygen atoms in total. The molecule has 2 aromatic carbocycles. The van der Waals surface area contributed by atoms with Crippen LogP contribution in [0.4, 0.5) is 4.39 Å². The summed E-state index contributed by atoms with van der Waals surface area (Å²) in [5.74, 6) is -0.189. The molecule has 0 amide bonds. The lowest BCUT2D eigenvalue weighted by atomic mass is 10.2. The Hall–Kier alpha value is -0.840. The fourth-order valence-corrected chi connectivity index (χ4v) is 2.92. The van der Waals surface area contributed by atoms with Crippen LogP contribution in [0, 0.1) is 5.82 Å². The first-order valence-electron chi connectivity index (χ1n) is 6.50. The number of hydrogen-bond donors (Lipinski definition) is 1. The molecule has 0 unspecified atom stereocenters. The van der Waals surface area contributed by atoms with Gasteiger partial charge in [0.15, 0.2) is 0 Å². The lowest BCUT2D eigenvalue weighted by Crippen LogP contribution is -2.22. The Morgan fingerprint density at radius 1 is 1.15 bits per heavy atom. The van der Waals surface area contributed by atoms with Crippen LogP contribution in [-0.4, -0.2) is 6.04 Å². The summed E-state index contributed by atoms with van der Waals surface area (Å²) in [6, 6.07) is 13.5. The Morgan fingerprint density at radius 3 is 2.50 bits per heavy atom. The minimum Gasteiger partial charge on any atom is -0.310 e. The van der Waals surface area contributed by atoms with Gasteiger partial charge in [-0.1, -0.05) is 41.5 Å². The molecule has 0 atom stereocenters. The Balaban J connectivity index is 2.19. The van der Waals surface area contributed by atoms with E-state index in [9.17, 15) is 4.39 Å². The molecule has 1 N–H and O–H groups in total. The van der Waals surface area contributed by atoms with Gasteiger partial charge in [-0.3, -0.25) is 0 Å². The second-order valence-electron chi connectivity index (χ2n) is 4.84. The lowest BCUT2D eigenvalue weighted by Gasteiger charge is -2.12. The van der Waals surface area contributed by atoms with Crippen molar-refractivity contribution in [2.45, 2.75) is 36.2 Å². The molecule has 0 saturated heterocycles. The van der Waals surface area contributed by atoms with Crippen LogP contribution in [0.1, 0.15) is 19.4 Å². The highest BCUT2D eigenvalue weighted by Crippen LogP contribution is 2.31. The van der Waals surface area contributed by atoms with Gasteiger partial charge < -0.3 is 5.32 Å². The van der Waals surface area contributed by atoms with Gasteiger partial charge in [0, 0.05) is 26.9 Å². The first-order chi connectivity index (χ1) is 9.54. The van der Waals surface area contributed by atoms with Gasteiger partial charge in [0.1, 0.15) is 5.82 Å². The molecule has 0 saturated carbocycles. The van der Waals surface area contributed by atoms with Crippen molar-refractivity contribution in [3.05, 3.63) is 58.3 Å². The highest BCUT2D eigenvalue weighted by Gasteiger charge is 2.07. The summed E-state index contributed by atoms with van der Waals surface area (Å²) in [5.41, 5.74) is 0.992. The summed E-state index contributed by atoms with van der Waals surface area (Å²) in [7, 11) is 0. The Labute approximate surface area is 132 Å². The minimum atomic E-state index is -0.189. The van der Waals surface area contributed by atoms with Crippen LogP contribution in [-0.2, 0) is 6.54 Å². The SMILES string of the molecule is CC(C)NCc1cc(F)ccc1Sc1ccc(Br)cc1. The van der Waals surface area contributed by atoms with Gasteiger partial charge >= 0.3 is 0 Å². The Morgan fingerprint density at radius 2 is 1.85 bits per heavy atom. The van der Waals surface area contributed by atoms with Gasteiger partial charge in [-0.2, -0.15) is 0 Å². The van der Waals surface area contributed by atoms with Crippen LogP contribution in [0.25, 0.3) is 0 Å².